The third-order valence-corrected chi connectivity index (χ3v) is 3.56. The Morgan fingerprint density at radius 2 is 1.95 bits per heavy atom. The molecule has 0 aliphatic carbocycles. The molecule has 5 nitrogen and oxygen atoms in total. The molecule has 0 radical (unpaired) electrons. The zero-order chi connectivity index (χ0) is 14.0. The van der Waals surface area contributed by atoms with Gasteiger partial charge in [-0.3, -0.25) is 4.99 Å². The quantitative estimate of drug-likeness (QED) is 0.280. The van der Waals surface area contributed by atoms with Gasteiger partial charge in [-0.25, -0.2) is 8.42 Å². The summed E-state index contributed by atoms with van der Waals surface area (Å²) in [5, 5.41) is 6.26. The Labute approximate surface area is 135 Å². The molecule has 0 saturated carbocycles. The molecule has 0 aromatic carbocycles. The lowest BCUT2D eigenvalue weighted by Gasteiger charge is -2.17. The molecule has 0 amide bonds. The average Bonchev–Trinajstić information content (AvgIpc) is 2.26. The number of hydrogen-bond donors (Lipinski definition) is 2. The van der Waals surface area contributed by atoms with E-state index in [0.717, 1.165) is 6.42 Å². The van der Waals surface area contributed by atoms with Crippen molar-refractivity contribution in [3.63, 3.8) is 0 Å². The summed E-state index contributed by atoms with van der Waals surface area (Å²) in [6.45, 7) is 4.68. The second kappa shape index (κ2) is 11.7. The maximum atomic E-state index is 11.0. The molecule has 2 N–H and O–H groups in total. The molecule has 0 heterocycles. The van der Waals surface area contributed by atoms with Crippen LogP contribution in [0.3, 0.4) is 0 Å². The van der Waals surface area contributed by atoms with Gasteiger partial charge in [0.15, 0.2) is 5.96 Å². The monoisotopic (exact) mass is 405 g/mol. The van der Waals surface area contributed by atoms with E-state index in [-0.39, 0.29) is 29.7 Å². The fourth-order valence-electron chi connectivity index (χ4n) is 1.56. The van der Waals surface area contributed by atoms with E-state index in [1.54, 1.807) is 7.05 Å². The van der Waals surface area contributed by atoms with Crippen molar-refractivity contribution < 1.29 is 8.42 Å². The largest absolute Gasteiger partial charge is 0.355 e. The van der Waals surface area contributed by atoms with Gasteiger partial charge in [-0.05, 0) is 13.3 Å². The van der Waals surface area contributed by atoms with E-state index < -0.39 is 9.84 Å². The molecule has 1 atom stereocenters. The highest BCUT2D eigenvalue weighted by molar-refractivity contribution is 14.0. The van der Waals surface area contributed by atoms with E-state index in [9.17, 15) is 8.42 Å². The Kier molecular flexibility index (Phi) is 13.1. The number of sulfone groups is 1. The van der Waals surface area contributed by atoms with Gasteiger partial charge in [0, 0.05) is 25.9 Å². The predicted octanol–water partition coefficient (Wildman–Crippen LogP) is 1.78. The minimum Gasteiger partial charge on any atom is -0.355 e. The number of rotatable bonds is 8. The number of aliphatic imine (C=N–C) groups is 1. The van der Waals surface area contributed by atoms with Crippen molar-refractivity contribution in [1.29, 1.82) is 0 Å². The molecule has 19 heavy (non-hydrogen) atoms. The van der Waals surface area contributed by atoms with E-state index in [0.29, 0.717) is 18.5 Å². The maximum absolute atomic E-state index is 11.0. The zero-order valence-corrected chi connectivity index (χ0v) is 15.5. The second-order valence-corrected chi connectivity index (χ2v) is 6.93. The van der Waals surface area contributed by atoms with Crippen LogP contribution in [0.25, 0.3) is 0 Å². The summed E-state index contributed by atoms with van der Waals surface area (Å²) < 4.78 is 22.0. The number of nitrogens with one attached hydrogen (secondary N) is 2. The van der Waals surface area contributed by atoms with Gasteiger partial charge in [-0.1, -0.05) is 26.2 Å². The van der Waals surface area contributed by atoms with Crippen LogP contribution in [-0.4, -0.2) is 46.0 Å². The molecule has 0 bridgehead atoms. The van der Waals surface area contributed by atoms with Gasteiger partial charge >= 0.3 is 0 Å². The normalized spacial score (nSPS) is 13.6. The summed E-state index contributed by atoms with van der Waals surface area (Å²) in [6, 6.07) is 0.348. The molecule has 0 aliphatic rings. The van der Waals surface area contributed by atoms with Crippen molar-refractivity contribution in [3.05, 3.63) is 0 Å². The van der Waals surface area contributed by atoms with Gasteiger partial charge in [0.1, 0.15) is 9.84 Å². The fourth-order valence-corrected chi connectivity index (χ4v) is 2.03. The van der Waals surface area contributed by atoms with Crippen LogP contribution in [0.5, 0.6) is 0 Å². The number of hydrogen-bond acceptors (Lipinski definition) is 3. The summed E-state index contributed by atoms with van der Waals surface area (Å²) in [6.07, 6.45) is 5.99. The summed E-state index contributed by atoms with van der Waals surface area (Å²) in [5.74, 6) is 0.792. The van der Waals surface area contributed by atoms with Crippen LogP contribution in [0.2, 0.25) is 0 Å². The number of guanidine groups is 1. The molecular formula is C12H28IN3O2S. The lowest BCUT2D eigenvalue weighted by Crippen LogP contribution is -2.43. The Bertz CT molecular complexity index is 345. The van der Waals surface area contributed by atoms with Crippen molar-refractivity contribution in [3.8, 4) is 0 Å². The van der Waals surface area contributed by atoms with E-state index in [4.69, 9.17) is 0 Å². The fraction of sp³-hybridized carbons (Fsp3) is 0.917. The van der Waals surface area contributed by atoms with Crippen LogP contribution in [0.4, 0.5) is 0 Å². The topological polar surface area (TPSA) is 70.6 Å². The van der Waals surface area contributed by atoms with Crippen molar-refractivity contribution in [2.75, 3.05) is 25.6 Å². The Morgan fingerprint density at radius 1 is 1.32 bits per heavy atom. The smallest absolute Gasteiger partial charge is 0.191 e. The molecule has 7 heteroatoms. The third-order valence-electron chi connectivity index (χ3n) is 2.61. The van der Waals surface area contributed by atoms with E-state index in [1.165, 1.54) is 25.5 Å². The molecule has 0 fully saturated rings. The highest BCUT2D eigenvalue weighted by Gasteiger charge is 2.06. The van der Waals surface area contributed by atoms with Gasteiger partial charge < -0.3 is 10.6 Å². The number of nitrogens with zero attached hydrogens (tertiary/aromatic N) is 1. The number of halogens is 1. The first-order chi connectivity index (χ1) is 8.39. The highest BCUT2D eigenvalue weighted by atomic mass is 127. The van der Waals surface area contributed by atoms with Crippen LogP contribution < -0.4 is 10.6 Å². The van der Waals surface area contributed by atoms with Crippen molar-refractivity contribution in [1.82, 2.24) is 10.6 Å². The van der Waals surface area contributed by atoms with Gasteiger partial charge in [-0.2, -0.15) is 0 Å². The minimum absolute atomic E-state index is 0. The molecule has 116 valence electrons. The van der Waals surface area contributed by atoms with Crippen LogP contribution in [-0.2, 0) is 9.84 Å². The first-order valence-electron chi connectivity index (χ1n) is 6.54. The van der Waals surface area contributed by atoms with E-state index in [2.05, 4.69) is 29.5 Å². The molecule has 1 unspecified atom stereocenters. The molecule has 0 rings (SSSR count). The lowest BCUT2D eigenvalue weighted by atomic mass is 10.1. The first kappa shape index (κ1) is 21.3. The molecule has 0 saturated heterocycles. The molecule has 0 aliphatic heterocycles. The van der Waals surface area contributed by atoms with Crippen molar-refractivity contribution >= 4 is 39.8 Å². The maximum Gasteiger partial charge on any atom is 0.191 e. The van der Waals surface area contributed by atoms with Crippen LogP contribution in [0, 0.1) is 0 Å². The summed E-state index contributed by atoms with van der Waals surface area (Å²) >= 11 is 0. The summed E-state index contributed by atoms with van der Waals surface area (Å²) in [7, 11) is -1.23. The van der Waals surface area contributed by atoms with Crippen molar-refractivity contribution in [2.45, 2.75) is 45.6 Å². The van der Waals surface area contributed by atoms with Crippen molar-refractivity contribution in [2.24, 2.45) is 4.99 Å². The van der Waals surface area contributed by atoms with Crippen LogP contribution in [0.15, 0.2) is 4.99 Å². The highest BCUT2D eigenvalue weighted by Crippen LogP contribution is 2.02. The van der Waals surface area contributed by atoms with Gasteiger partial charge in [0.25, 0.3) is 0 Å². The lowest BCUT2D eigenvalue weighted by molar-refractivity contribution is 0.547. The second-order valence-electron chi connectivity index (χ2n) is 4.67. The molecule has 0 spiro atoms. The Morgan fingerprint density at radius 3 is 2.42 bits per heavy atom. The minimum atomic E-state index is -2.92. The first-order valence-corrected chi connectivity index (χ1v) is 8.60. The summed E-state index contributed by atoms with van der Waals surface area (Å²) in [4.78, 5) is 4.08. The molecule has 0 aromatic heterocycles. The van der Waals surface area contributed by atoms with Gasteiger partial charge in [0.05, 0.1) is 5.75 Å². The van der Waals surface area contributed by atoms with Gasteiger partial charge in [0.2, 0.25) is 0 Å². The van der Waals surface area contributed by atoms with Gasteiger partial charge in [-0.15, -0.1) is 24.0 Å². The standard InChI is InChI=1S/C12H27N3O2S.HI/c1-5-6-7-8-11(2)15-12(13-3)14-9-10-18(4,16)17;/h11H,5-10H2,1-4H3,(H2,13,14,15);1H. The predicted molar refractivity (Wildman–Crippen MR) is 93.2 cm³/mol. The van der Waals surface area contributed by atoms with Crippen LogP contribution >= 0.6 is 24.0 Å². The third kappa shape index (κ3) is 14.2. The van der Waals surface area contributed by atoms with E-state index in [1.807, 2.05) is 0 Å². The SMILES string of the molecule is CCCCCC(C)NC(=NC)NCCS(C)(=O)=O.I. The number of unbranched alkanes of at least 4 members (excludes halogenated alkanes) is 2. The summed E-state index contributed by atoms with van der Waals surface area (Å²) in [5.41, 5.74) is 0. The van der Waals surface area contributed by atoms with E-state index >= 15 is 0 Å². The van der Waals surface area contributed by atoms with Crippen LogP contribution in [0.1, 0.15) is 39.5 Å². The Balaban J connectivity index is 0. The average molecular weight is 405 g/mol. The molecule has 0 aromatic rings. The Hall–Kier alpha value is -0.0500. The zero-order valence-electron chi connectivity index (χ0n) is 12.4. The molecular weight excluding hydrogens is 377 g/mol.